The van der Waals surface area contributed by atoms with Crippen LogP contribution in [-0.4, -0.2) is 49.7 Å². The van der Waals surface area contributed by atoms with E-state index >= 15 is 0 Å². The highest BCUT2D eigenvalue weighted by molar-refractivity contribution is 7.99. The van der Waals surface area contributed by atoms with Gasteiger partial charge in [0.05, 0.1) is 33.0 Å². The molecule has 0 aliphatic rings. The number of esters is 1. The first-order valence-corrected chi connectivity index (χ1v) is 7.98. The summed E-state index contributed by atoms with van der Waals surface area (Å²) >= 11 is 1.18. The van der Waals surface area contributed by atoms with Crippen molar-refractivity contribution in [3.05, 3.63) is 35.9 Å². The van der Waals surface area contributed by atoms with E-state index < -0.39 is 11.9 Å². The van der Waals surface area contributed by atoms with Gasteiger partial charge in [-0.05, 0) is 23.9 Å². The Balaban J connectivity index is 2.23. The lowest BCUT2D eigenvalue weighted by molar-refractivity contribution is -0.139. The summed E-state index contributed by atoms with van der Waals surface area (Å²) in [6.45, 7) is -0.210. The second-order valence-corrected chi connectivity index (χ2v) is 5.60. The third kappa shape index (κ3) is 5.08. The SMILES string of the molecule is COC(=O)CNC(=O)c1ccccc1Sc1nc(OC)cc(OC)n1. The second-order valence-electron chi connectivity index (χ2n) is 4.59. The van der Waals surface area contributed by atoms with Gasteiger partial charge in [-0.3, -0.25) is 9.59 Å². The van der Waals surface area contributed by atoms with Crippen molar-refractivity contribution < 1.29 is 23.8 Å². The molecule has 1 aromatic carbocycles. The number of ether oxygens (including phenoxy) is 3. The summed E-state index contributed by atoms with van der Waals surface area (Å²) in [5.74, 6) is -0.230. The maximum Gasteiger partial charge on any atom is 0.325 e. The van der Waals surface area contributed by atoms with Gasteiger partial charge in [-0.25, -0.2) is 0 Å². The Morgan fingerprint density at radius 3 is 2.32 bits per heavy atom. The van der Waals surface area contributed by atoms with Crippen LogP contribution in [0, 0.1) is 0 Å². The Labute approximate surface area is 148 Å². The standard InChI is InChI=1S/C16H17N3O5S/c1-22-12-8-13(23-2)19-16(18-12)25-11-7-5-4-6-10(11)15(21)17-9-14(20)24-3/h4-8H,9H2,1-3H3,(H,17,21). The number of rotatable bonds is 7. The number of hydrogen-bond acceptors (Lipinski definition) is 8. The smallest absolute Gasteiger partial charge is 0.325 e. The zero-order valence-electron chi connectivity index (χ0n) is 13.9. The van der Waals surface area contributed by atoms with Crippen molar-refractivity contribution in [3.63, 3.8) is 0 Å². The quantitative estimate of drug-likeness (QED) is 0.584. The molecule has 0 bridgehead atoms. The van der Waals surface area contributed by atoms with Gasteiger partial charge in [-0.1, -0.05) is 12.1 Å². The maximum absolute atomic E-state index is 12.3. The average molecular weight is 363 g/mol. The highest BCUT2D eigenvalue weighted by Crippen LogP contribution is 2.30. The first kappa shape index (κ1) is 18.5. The number of carbonyl (C=O) groups is 2. The van der Waals surface area contributed by atoms with Gasteiger partial charge in [0.25, 0.3) is 5.91 Å². The van der Waals surface area contributed by atoms with E-state index in [4.69, 9.17) is 9.47 Å². The van der Waals surface area contributed by atoms with E-state index in [0.29, 0.717) is 27.4 Å². The molecule has 0 aliphatic heterocycles. The molecule has 1 aromatic heterocycles. The lowest BCUT2D eigenvalue weighted by Crippen LogP contribution is -2.30. The van der Waals surface area contributed by atoms with Crippen molar-refractivity contribution in [1.82, 2.24) is 15.3 Å². The van der Waals surface area contributed by atoms with Crippen LogP contribution in [0.15, 0.2) is 40.4 Å². The minimum absolute atomic E-state index is 0.210. The fourth-order valence-corrected chi connectivity index (χ4v) is 2.69. The Morgan fingerprint density at radius 1 is 1.08 bits per heavy atom. The predicted molar refractivity (Wildman–Crippen MR) is 90.1 cm³/mol. The first-order chi connectivity index (χ1) is 12.1. The Morgan fingerprint density at radius 2 is 1.72 bits per heavy atom. The Kier molecular flexibility index (Phi) is 6.58. The molecule has 0 spiro atoms. The van der Waals surface area contributed by atoms with Crippen LogP contribution in [0.1, 0.15) is 10.4 Å². The van der Waals surface area contributed by atoms with Gasteiger partial charge in [-0.15, -0.1) is 0 Å². The van der Waals surface area contributed by atoms with Crippen molar-refractivity contribution in [1.29, 1.82) is 0 Å². The van der Waals surface area contributed by atoms with Crippen molar-refractivity contribution >= 4 is 23.6 Å². The summed E-state index contributed by atoms with van der Waals surface area (Å²) in [5.41, 5.74) is 0.391. The van der Waals surface area contributed by atoms with Gasteiger partial charge >= 0.3 is 5.97 Å². The van der Waals surface area contributed by atoms with Gasteiger partial charge in [0.15, 0.2) is 5.16 Å². The number of nitrogens with one attached hydrogen (secondary N) is 1. The molecule has 0 fully saturated rings. The van der Waals surface area contributed by atoms with Crippen molar-refractivity contribution in [3.8, 4) is 11.8 Å². The fraction of sp³-hybridized carbons (Fsp3) is 0.250. The highest BCUT2D eigenvalue weighted by atomic mass is 32.2. The van der Waals surface area contributed by atoms with Crippen molar-refractivity contribution in [2.45, 2.75) is 10.1 Å². The van der Waals surface area contributed by atoms with Crippen LogP contribution in [0.3, 0.4) is 0 Å². The zero-order chi connectivity index (χ0) is 18.2. The van der Waals surface area contributed by atoms with E-state index in [-0.39, 0.29) is 6.54 Å². The summed E-state index contributed by atoms with van der Waals surface area (Å²) in [6, 6.07) is 8.47. The number of hydrogen-bond donors (Lipinski definition) is 1. The summed E-state index contributed by atoms with van der Waals surface area (Å²) in [6.07, 6.45) is 0. The third-order valence-corrected chi connectivity index (χ3v) is 3.97. The molecular weight excluding hydrogens is 346 g/mol. The lowest BCUT2D eigenvalue weighted by Gasteiger charge is -2.10. The van der Waals surface area contributed by atoms with E-state index in [9.17, 15) is 9.59 Å². The molecule has 8 nitrogen and oxygen atoms in total. The number of methoxy groups -OCH3 is 3. The van der Waals surface area contributed by atoms with Crippen LogP contribution in [0.5, 0.6) is 11.8 Å². The molecule has 2 rings (SSSR count). The molecule has 1 N–H and O–H groups in total. The largest absolute Gasteiger partial charge is 0.481 e. The first-order valence-electron chi connectivity index (χ1n) is 7.16. The Bertz CT molecular complexity index is 747. The van der Waals surface area contributed by atoms with Crippen LogP contribution in [-0.2, 0) is 9.53 Å². The van der Waals surface area contributed by atoms with Crippen LogP contribution in [0.25, 0.3) is 0 Å². The van der Waals surface area contributed by atoms with Crippen LogP contribution < -0.4 is 14.8 Å². The fourth-order valence-electron chi connectivity index (χ4n) is 1.80. The molecule has 0 unspecified atom stereocenters. The predicted octanol–water partition coefficient (Wildman–Crippen LogP) is 1.55. The molecule has 132 valence electrons. The van der Waals surface area contributed by atoms with E-state index in [1.54, 1.807) is 30.3 Å². The van der Waals surface area contributed by atoms with Gasteiger partial charge in [0.2, 0.25) is 11.8 Å². The molecule has 9 heteroatoms. The van der Waals surface area contributed by atoms with Crippen molar-refractivity contribution in [2.75, 3.05) is 27.9 Å². The van der Waals surface area contributed by atoms with Gasteiger partial charge in [0, 0.05) is 4.90 Å². The van der Waals surface area contributed by atoms with Crippen molar-refractivity contribution in [2.24, 2.45) is 0 Å². The lowest BCUT2D eigenvalue weighted by atomic mass is 10.2. The second kappa shape index (κ2) is 8.88. The average Bonchev–Trinajstić information content (AvgIpc) is 2.65. The van der Waals surface area contributed by atoms with Crippen LogP contribution in [0.2, 0.25) is 0 Å². The molecule has 0 saturated carbocycles. The highest BCUT2D eigenvalue weighted by Gasteiger charge is 2.15. The summed E-state index contributed by atoms with van der Waals surface area (Å²) < 4.78 is 14.7. The molecule has 1 heterocycles. The minimum Gasteiger partial charge on any atom is -0.481 e. The molecule has 25 heavy (non-hydrogen) atoms. The summed E-state index contributed by atoms with van der Waals surface area (Å²) in [4.78, 5) is 32.6. The number of benzene rings is 1. The van der Waals surface area contributed by atoms with Crippen LogP contribution in [0.4, 0.5) is 0 Å². The molecule has 0 saturated heterocycles. The monoisotopic (exact) mass is 363 g/mol. The molecule has 2 aromatic rings. The Hall–Kier alpha value is -2.81. The van der Waals surface area contributed by atoms with Crippen LogP contribution >= 0.6 is 11.8 Å². The summed E-state index contributed by atoms with van der Waals surface area (Å²) in [7, 11) is 4.24. The molecule has 0 aliphatic carbocycles. The van der Waals surface area contributed by atoms with E-state index in [1.165, 1.54) is 33.1 Å². The zero-order valence-corrected chi connectivity index (χ0v) is 14.8. The molecule has 0 atom stereocenters. The number of carbonyl (C=O) groups excluding carboxylic acids is 2. The minimum atomic E-state index is -0.528. The van der Waals surface area contributed by atoms with E-state index in [0.717, 1.165) is 0 Å². The summed E-state index contributed by atoms with van der Waals surface area (Å²) in [5, 5.41) is 2.87. The third-order valence-electron chi connectivity index (χ3n) is 3.03. The normalized spacial score (nSPS) is 10.0. The van der Waals surface area contributed by atoms with E-state index in [1.807, 2.05) is 0 Å². The maximum atomic E-state index is 12.3. The number of amides is 1. The molecule has 0 radical (unpaired) electrons. The topological polar surface area (TPSA) is 99.6 Å². The number of nitrogens with zero attached hydrogens (tertiary/aromatic N) is 2. The molecule has 1 amide bonds. The van der Waals surface area contributed by atoms with E-state index in [2.05, 4.69) is 20.0 Å². The van der Waals surface area contributed by atoms with Gasteiger partial charge < -0.3 is 19.5 Å². The van der Waals surface area contributed by atoms with Gasteiger partial charge in [0.1, 0.15) is 6.54 Å². The van der Waals surface area contributed by atoms with Gasteiger partial charge in [-0.2, -0.15) is 9.97 Å². The molecular formula is C16H17N3O5S. The number of aromatic nitrogens is 2.